The van der Waals surface area contributed by atoms with Crippen LogP contribution in [-0.2, 0) is 11.3 Å². The van der Waals surface area contributed by atoms with Gasteiger partial charge in [-0.25, -0.2) is 0 Å². The standard InChI is InChI=1S/C15H13NO5/c17-9-13-8-14(16(18)19)6-7-15(13)21-11-20-10-12-4-2-1-3-5-12/h1-9H,10-11H2. The minimum Gasteiger partial charge on any atom is -0.467 e. The number of nitro benzene ring substituents is 1. The van der Waals surface area contributed by atoms with Gasteiger partial charge in [0.05, 0.1) is 17.1 Å². The smallest absolute Gasteiger partial charge is 0.270 e. The second-order valence-electron chi connectivity index (χ2n) is 4.19. The lowest BCUT2D eigenvalue weighted by molar-refractivity contribution is -0.384. The van der Waals surface area contributed by atoms with E-state index in [1.807, 2.05) is 30.3 Å². The molecule has 0 aliphatic heterocycles. The van der Waals surface area contributed by atoms with Crippen molar-refractivity contribution in [3.05, 3.63) is 69.8 Å². The predicted molar refractivity (Wildman–Crippen MR) is 75.2 cm³/mol. The first kappa shape index (κ1) is 14.7. The van der Waals surface area contributed by atoms with Crippen LogP contribution < -0.4 is 4.74 Å². The molecular formula is C15H13NO5. The van der Waals surface area contributed by atoms with Gasteiger partial charge in [0.15, 0.2) is 13.1 Å². The zero-order valence-corrected chi connectivity index (χ0v) is 11.1. The molecule has 21 heavy (non-hydrogen) atoms. The van der Waals surface area contributed by atoms with Gasteiger partial charge in [-0.1, -0.05) is 30.3 Å². The van der Waals surface area contributed by atoms with Gasteiger partial charge in [-0.2, -0.15) is 0 Å². The second-order valence-corrected chi connectivity index (χ2v) is 4.19. The van der Waals surface area contributed by atoms with E-state index >= 15 is 0 Å². The Kier molecular flexibility index (Phi) is 5.00. The van der Waals surface area contributed by atoms with Gasteiger partial charge in [0.25, 0.3) is 5.69 Å². The van der Waals surface area contributed by atoms with Crippen LogP contribution in [0.2, 0.25) is 0 Å². The molecule has 0 saturated carbocycles. The van der Waals surface area contributed by atoms with E-state index < -0.39 is 4.92 Å². The molecule has 6 heteroatoms. The van der Waals surface area contributed by atoms with Crippen LogP contribution in [0.4, 0.5) is 5.69 Å². The van der Waals surface area contributed by atoms with E-state index in [0.717, 1.165) is 5.56 Å². The molecule has 0 aromatic heterocycles. The zero-order chi connectivity index (χ0) is 15.1. The third kappa shape index (κ3) is 4.12. The molecule has 6 nitrogen and oxygen atoms in total. The molecule has 0 unspecified atom stereocenters. The van der Waals surface area contributed by atoms with Crippen LogP contribution >= 0.6 is 0 Å². The summed E-state index contributed by atoms with van der Waals surface area (Å²) in [5, 5.41) is 10.6. The summed E-state index contributed by atoms with van der Waals surface area (Å²) in [5.74, 6) is 0.253. The number of nitrogens with zero attached hydrogens (tertiary/aromatic N) is 1. The minimum atomic E-state index is -0.567. The average Bonchev–Trinajstić information content (AvgIpc) is 2.52. The molecule has 0 atom stereocenters. The maximum atomic E-state index is 10.9. The Morgan fingerprint density at radius 1 is 1.14 bits per heavy atom. The first-order valence-electron chi connectivity index (χ1n) is 6.19. The summed E-state index contributed by atoms with van der Waals surface area (Å²) >= 11 is 0. The highest BCUT2D eigenvalue weighted by Gasteiger charge is 2.11. The fraction of sp³-hybridized carbons (Fsp3) is 0.133. The fourth-order valence-corrected chi connectivity index (χ4v) is 1.71. The molecule has 0 aliphatic rings. The van der Waals surface area contributed by atoms with Crippen LogP contribution in [-0.4, -0.2) is 18.0 Å². The van der Waals surface area contributed by atoms with Gasteiger partial charge in [-0.05, 0) is 11.6 Å². The van der Waals surface area contributed by atoms with Gasteiger partial charge in [-0.15, -0.1) is 0 Å². The Balaban J connectivity index is 1.91. The van der Waals surface area contributed by atoms with Crippen LogP contribution in [0, 0.1) is 10.1 Å². The van der Waals surface area contributed by atoms with Gasteiger partial charge in [0.2, 0.25) is 0 Å². The van der Waals surface area contributed by atoms with Gasteiger partial charge in [0.1, 0.15) is 5.75 Å². The Hall–Kier alpha value is -2.73. The third-order valence-electron chi connectivity index (χ3n) is 2.74. The number of hydrogen-bond acceptors (Lipinski definition) is 5. The first-order chi connectivity index (χ1) is 10.2. The summed E-state index contributed by atoms with van der Waals surface area (Å²) < 4.78 is 10.6. The molecule has 2 aromatic carbocycles. The maximum Gasteiger partial charge on any atom is 0.270 e. The highest BCUT2D eigenvalue weighted by molar-refractivity contribution is 5.80. The Bertz CT molecular complexity index is 627. The highest BCUT2D eigenvalue weighted by atomic mass is 16.7. The van der Waals surface area contributed by atoms with Crippen molar-refractivity contribution < 1.29 is 19.2 Å². The summed E-state index contributed by atoms with van der Waals surface area (Å²) in [5.41, 5.74) is 0.961. The van der Waals surface area contributed by atoms with Crippen LogP contribution in [0.1, 0.15) is 15.9 Å². The summed E-state index contributed by atoms with van der Waals surface area (Å²) in [6.45, 7) is 0.331. The zero-order valence-electron chi connectivity index (χ0n) is 11.1. The van der Waals surface area contributed by atoms with Crippen molar-refractivity contribution >= 4 is 12.0 Å². The Labute approximate surface area is 121 Å². The SMILES string of the molecule is O=Cc1cc([N+](=O)[O-])ccc1OCOCc1ccccc1. The lowest BCUT2D eigenvalue weighted by Gasteiger charge is -2.09. The number of ether oxygens (including phenoxy) is 2. The lowest BCUT2D eigenvalue weighted by Crippen LogP contribution is -2.05. The quantitative estimate of drug-likeness (QED) is 0.257. The molecule has 0 bridgehead atoms. The maximum absolute atomic E-state index is 10.9. The summed E-state index contributed by atoms with van der Waals surface area (Å²) in [6.07, 6.45) is 0.513. The number of rotatable bonds is 7. The number of aldehydes is 1. The largest absolute Gasteiger partial charge is 0.467 e. The lowest BCUT2D eigenvalue weighted by atomic mass is 10.2. The topological polar surface area (TPSA) is 78.7 Å². The van der Waals surface area contributed by atoms with Crippen molar-refractivity contribution in [2.45, 2.75) is 6.61 Å². The van der Waals surface area contributed by atoms with E-state index in [2.05, 4.69) is 0 Å². The molecule has 0 saturated heterocycles. The van der Waals surface area contributed by atoms with Crippen molar-refractivity contribution in [3.8, 4) is 5.75 Å². The highest BCUT2D eigenvalue weighted by Crippen LogP contribution is 2.22. The van der Waals surface area contributed by atoms with E-state index in [1.165, 1.54) is 18.2 Å². The molecule has 0 amide bonds. The molecule has 0 N–H and O–H groups in total. The van der Waals surface area contributed by atoms with Crippen LogP contribution in [0.25, 0.3) is 0 Å². The molecule has 0 heterocycles. The second kappa shape index (κ2) is 7.16. The van der Waals surface area contributed by atoms with E-state index in [-0.39, 0.29) is 23.8 Å². The van der Waals surface area contributed by atoms with Crippen molar-refractivity contribution in [1.82, 2.24) is 0 Å². The molecule has 108 valence electrons. The summed E-state index contributed by atoms with van der Waals surface area (Å²) in [4.78, 5) is 21.0. The number of benzene rings is 2. The molecule has 0 aliphatic carbocycles. The Morgan fingerprint density at radius 3 is 2.57 bits per heavy atom. The normalized spacial score (nSPS) is 10.1. The molecule has 2 rings (SSSR count). The van der Waals surface area contributed by atoms with E-state index in [4.69, 9.17) is 9.47 Å². The van der Waals surface area contributed by atoms with Crippen molar-refractivity contribution in [3.63, 3.8) is 0 Å². The van der Waals surface area contributed by atoms with Gasteiger partial charge >= 0.3 is 0 Å². The van der Waals surface area contributed by atoms with E-state index in [9.17, 15) is 14.9 Å². The first-order valence-corrected chi connectivity index (χ1v) is 6.19. The van der Waals surface area contributed by atoms with Crippen molar-refractivity contribution in [2.75, 3.05) is 6.79 Å². The third-order valence-corrected chi connectivity index (χ3v) is 2.74. The predicted octanol–water partition coefficient (Wildman–Crippen LogP) is 2.96. The number of carbonyl (C=O) groups is 1. The summed E-state index contributed by atoms with van der Waals surface area (Å²) in [7, 11) is 0. The van der Waals surface area contributed by atoms with E-state index in [1.54, 1.807) is 0 Å². The number of carbonyl (C=O) groups excluding carboxylic acids is 1. The average molecular weight is 287 g/mol. The molecular weight excluding hydrogens is 274 g/mol. The van der Waals surface area contributed by atoms with Gasteiger partial charge < -0.3 is 9.47 Å². The number of hydrogen-bond donors (Lipinski definition) is 0. The molecule has 0 spiro atoms. The van der Waals surface area contributed by atoms with Crippen LogP contribution in [0.3, 0.4) is 0 Å². The molecule has 0 fully saturated rings. The molecule has 0 radical (unpaired) electrons. The van der Waals surface area contributed by atoms with E-state index in [0.29, 0.717) is 12.9 Å². The Morgan fingerprint density at radius 2 is 1.90 bits per heavy atom. The monoisotopic (exact) mass is 287 g/mol. The van der Waals surface area contributed by atoms with Gasteiger partial charge in [0, 0.05) is 12.1 Å². The number of non-ortho nitro benzene ring substituents is 1. The van der Waals surface area contributed by atoms with Crippen LogP contribution in [0.5, 0.6) is 5.75 Å². The summed E-state index contributed by atoms with van der Waals surface area (Å²) in [6, 6.07) is 13.4. The molecule has 2 aromatic rings. The van der Waals surface area contributed by atoms with Crippen molar-refractivity contribution in [2.24, 2.45) is 0 Å². The van der Waals surface area contributed by atoms with Gasteiger partial charge in [-0.3, -0.25) is 14.9 Å². The number of nitro groups is 1. The van der Waals surface area contributed by atoms with Crippen LogP contribution in [0.15, 0.2) is 48.5 Å². The fourth-order valence-electron chi connectivity index (χ4n) is 1.71. The minimum absolute atomic E-state index is 0.0481. The van der Waals surface area contributed by atoms with Crippen molar-refractivity contribution in [1.29, 1.82) is 0 Å².